The van der Waals surface area contributed by atoms with Crippen molar-refractivity contribution in [1.82, 2.24) is 9.80 Å². The molecule has 0 aromatic carbocycles. The van der Waals surface area contributed by atoms with Crippen molar-refractivity contribution in [3.63, 3.8) is 0 Å². The van der Waals surface area contributed by atoms with Crippen LogP contribution in [0.4, 0.5) is 0 Å². The normalized spacial score (nSPS) is 28.0. The predicted octanol–water partition coefficient (Wildman–Crippen LogP) is 0.297. The predicted molar refractivity (Wildman–Crippen MR) is 92.7 cm³/mol. The second-order valence-electron chi connectivity index (χ2n) is 7.49. The van der Waals surface area contributed by atoms with E-state index in [-0.39, 0.29) is 41.2 Å². The zero-order valence-electron chi connectivity index (χ0n) is 14.9. The Bertz CT molecular complexity index is 607. The van der Waals surface area contributed by atoms with Crippen molar-refractivity contribution in [2.75, 3.05) is 44.9 Å². The van der Waals surface area contributed by atoms with Crippen molar-refractivity contribution in [2.24, 2.45) is 11.8 Å². The lowest BCUT2D eigenvalue weighted by atomic mass is 9.92. The van der Waals surface area contributed by atoms with Crippen LogP contribution in [0.3, 0.4) is 0 Å². The number of hydrogen-bond donors (Lipinski definition) is 0. The van der Waals surface area contributed by atoms with Gasteiger partial charge in [0, 0.05) is 51.2 Å². The highest BCUT2D eigenvalue weighted by molar-refractivity contribution is 7.91. The van der Waals surface area contributed by atoms with Gasteiger partial charge in [0.25, 0.3) is 0 Å². The average Bonchev–Trinajstić information content (AvgIpc) is 3.00. The Balaban J connectivity index is 1.49. The summed E-state index contributed by atoms with van der Waals surface area (Å²) in [6.07, 6.45) is 3.44. The summed E-state index contributed by atoms with van der Waals surface area (Å²) in [4.78, 5) is 28.8. The fraction of sp³-hybridized carbons (Fsp3) is 0.882. The lowest BCUT2D eigenvalue weighted by molar-refractivity contribution is -0.144. The minimum absolute atomic E-state index is 0.0280. The molecule has 0 saturated carbocycles. The van der Waals surface area contributed by atoms with Crippen LogP contribution < -0.4 is 0 Å². The monoisotopic (exact) mass is 372 g/mol. The molecular formula is C17H28N2O5S. The number of carbonyl (C=O) groups excluding carboxylic acids is 2. The first-order valence-corrected chi connectivity index (χ1v) is 11.0. The van der Waals surface area contributed by atoms with Crippen LogP contribution in [0.1, 0.15) is 32.1 Å². The van der Waals surface area contributed by atoms with Gasteiger partial charge in [-0.3, -0.25) is 9.59 Å². The Kier molecular flexibility index (Phi) is 5.68. The zero-order valence-corrected chi connectivity index (χ0v) is 15.7. The van der Waals surface area contributed by atoms with Crippen molar-refractivity contribution in [3.8, 4) is 0 Å². The lowest BCUT2D eigenvalue weighted by Crippen LogP contribution is -2.48. The van der Waals surface area contributed by atoms with E-state index in [0.717, 1.165) is 12.8 Å². The molecule has 0 aromatic rings. The molecule has 142 valence electrons. The molecule has 0 radical (unpaired) electrons. The van der Waals surface area contributed by atoms with E-state index in [2.05, 4.69) is 0 Å². The molecule has 3 fully saturated rings. The third-order valence-corrected chi connectivity index (χ3v) is 7.58. The fourth-order valence-corrected chi connectivity index (χ4v) is 5.87. The first kappa shape index (κ1) is 18.6. The molecule has 2 amide bonds. The van der Waals surface area contributed by atoms with E-state index in [1.54, 1.807) is 11.9 Å². The summed E-state index contributed by atoms with van der Waals surface area (Å²) >= 11 is 0. The number of nitrogens with zero attached hydrogens (tertiary/aromatic N) is 2. The van der Waals surface area contributed by atoms with Gasteiger partial charge in [0.15, 0.2) is 9.84 Å². The molecule has 8 heteroatoms. The second kappa shape index (κ2) is 7.61. The van der Waals surface area contributed by atoms with Crippen LogP contribution in [0, 0.1) is 11.8 Å². The van der Waals surface area contributed by atoms with Crippen LogP contribution >= 0.6 is 0 Å². The Labute approximate surface area is 149 Å². The van der Waals surface area contributed by atoms with E-state index in [4.69, 9.17) is 4.74 Å². The minimum atomic E-state index is -2.99. The number of hydrogen-bond acceptors (Lipinski definition) is 5. The number of piperidine rings is 1. The molecule has 3 rings (SSSR count). The van der Waals surface area contributed by atoms with E-state index in [0.29, 0.717) is 45.6 Å². The first-order chi connectivity index (χ1) is 11.9. The SMILES string of the molecule is CN(C(=O)C1CCN(C(=O)C2CCOCC2)CC1)C1CCS(=O)(=O)C1. The molecule has 25 heavy (non-hydrogen) atoms. The molecule has 7 nitrogen and oxygen atoms in total. The Morgan fingerprint density at radius 2 is 1.64 bits per heavy atom. The zero-order chi connectivity index (χ0) is 18.0. The van der Waals surface area contributed by atoms with Crippen molar-refractivity contribution < 1.29 is 22.7 Å². The van der Waals surface area contributed by atoms with Crippen LogP contribution in [0.15, 0.2) is 0 Å². The molecule has 0 N–H and O–H groups in total. The number of ether oxygens (including phenoxy) is 1. The maximum absolute atomic E-state index is 12.7. The van der Waals surface area contributed by atoms with Crippen LogP contribution in [-0.2, 0) is 24.2 Å². The molecule has 1 atom stereocenters. The minimum Gasteiger partial charge on any atom is -0.381 e. The van der Waals surface area contributed by atoms with E-state index in [9.17, 15) is 18.0 Å². The number of amides is 2. The van der Waals surface area contributed by atoms with Crippen molar-refractivity contribution >= 4 is 21.7 Å². The van der Waals surface area contributed by atoms with Crippen molar-refractivity contribution in [3.05, 3.63) is 0 Å². The van der Waals surface area contributed by atoms with E-state index < -0.39 is 9.84 Å². The van der Waals surface area contributed by atoms with Crippen LogP contribution in [-0.4, -0.2) is 80.9 Å². The van der Waals surface area contributed by atoms with Crippen molar-refractivity contribution in [1.29, 1.82) is 0 Å². The fourth-order valence-electron chi connectivity index (χ4n) is 4.10. The molecular weight excluding hydrogens is 344 g/mol. The first-order valence-electron chi connectivity index (χ1n) is 9.21. The maximum atomic E-state index is 12.7. The summed E-state index contributed by atoms with van der Waals surface area (Å²) in [5, 5.41) is 0. The molecule has 0 spiro atoms. The lowest BCUT2D eigenvalue weighted by Gasteiger charge is -2.36. The van der Waals surface area contributed by atoms with Gasteiger partial charge in [0.2, 0.25) is 11.8 Å². The number of carbonyl (C=O) groups is 2. The smallest absolute Gasteiger partial charge is 0.225 e. The summed E-state index contributed by atoms with van der Waals surface area (Å²) in [6, 6.07) is -0.195. The van der Waals surface area contributed by atoms with Gasteiger partial charge in [-0.25, -0.2) is 8.42 Å². The highest BCUT2D eigenvalue weighted by Crippen LogP contribution is 2.26. The van der Waals surface area contributed by atoms with E-state index >= 15 is 0 Å². The maximum Gasteiger partial charge on any atom is 0.225 e. The molecule has 3 aliphatic heterocycles. The summed E-state index contributed by atoms with van der Waals surface area (Å²) in [5.41, 5.74) is 0. The third kappa shape index (κ3) is 4.34. The summed E-state index contributed by atoms with van der Waals surface area (Å²) < 4.78 is 28.6. The summed E-state index contributed by atoms with van der Waals surface area (Å²) in [5.74, 6) is 0.438. The highest BCUT2D eigenvalue weighted by Gasteiger charge is 2.37. The summed E-state index contributed by atoms with van der Waals surface area (Å²) in [7, 11) is -1.28. The van der Waals surface area contributed by atoms with Crippen LogP contribution in [0.25, 0.3) is 0 Å². The van der Waals surface area contributed by atoms with Crippen molar-refractivity contribution in [2.45, 2.75) is 38.1 Å². The van der Waals surface area contributed by atoms with Gasteiger partial charge in [0.1, 0.15) is 0 Å². The van der Waals surface area contributed by atoms with Gasteiger partial charge in [0.05, 0.1) is 11.5 Å². The average molecular weight is 372 g/mol. The topological polar surface area (TPSA) is 84.0 Å². The number of sulfone groups is 1. The highest BCUT2D eigenvalue weighted by atomic mass is 32.2. The van der Waals surface area contributed by atoms with Gasteiger partial charge >= 0.3 is 0 Å². The van der Waals surface area contributed by atoms with Gasteiger partial charge < -0.3 is 14.5 Å². The molecule has 3 aliphatic rings. The molecule has 1 unspecified atom stereocenters. The molecule has 0 aromatic heterocycles. The van der Waals surface area contributed by atoms with E-state index in [1.165, 1.54) is 0 Å². The van der Waals surface area contributed by atoms with Crippen LogP contribution in [0.5, 0.6) is 0 Å². The van der Waals surface area contributed by atoms with Gasteiger partial charge in [-0.15, -0.1) is 0 Å². The summed E-state index contributed by atoms with van der Waals surface area (Å²) in [6.45, 7) is 2.54. The Hall–Kier alpha value is -1.15. The Morgan fingerprint density at radius 1 is 1.00 bits per heavy atom. The van der Waals surface area contributed by atoms with Gasteiger partial charge in [-0.2, -0.15) is 0 Å². The molecule has 0 aliphatic carbocycles. The van der Waals surface area contributed by atoms with Gasteiger partial charge in [-0.05, 0) is 32.1 Å². The molecule has 0 bridgehead atoms. The largest absolute Gasteiger partial charge is 0.381 e. The second-order valence-corrected chi connectivity index (χ2v) is 9.72. The van der Waals surface area contributed by atoms with Gasteiger partial charge in [-0.1, -0.05) is 0 Å². The number of likely N-dealkylation sites (tertiary alicyclic amines) is 1. The Morgan fingerprint density at radius 3 is 2.20 bits per heavy atom. The quantitative estimate of drug-likeness (QED) is 0.711. The standard InChI is InChI=1S/C17H28N2O5S/c1-18(15-6-11-25(22,23)12-15)16(20)13-2-7-19(8-3-13)17(21)14-4-9-24-10-5-14/h13-15H,2-12H2,1H3. The van der Waals surface area contributed by atoms with E-state index in [1.807, 2.05) is 4.90 Å². The molecule has 3 saturated heterocycles. The van der Waals surface area contributed by atoms with Crippen LogP contribution in [0.2, 0.25) is 0 Å². The molecule has 3 heterocycles. The third-order valence-electron chi connectivity index (χ3n) is 5.83. The number of rotatable bonds is 3.